The highest BCUT2D eigenvalue weighted by atomic mass is 35.5. The number of benzene rings is 1. The van der Waals surface area contributed by atoms with Crippen molar-refractivity contribution in [2.75, 3.05) is 26.1 Å². The zero-order valence-corrected chi connectivity index (χ0v) is 17.2. The summed E-state index contributed by atoms with van der Waals surface area (Å²) in [7, 11) is -3.61. The summed E-state index contributed by atoms with van der Waals surface area (Å²) in [5.74, 6) is -0.777. The van der Waals surface area contributed by atoms with E-state index in [1.54, 1.807) is 6.92 Å². The normalized spacial score (nSPS) is 18.6. The molecule has 1 fully saturated rings. The summed E-state index contributed by atoms with van der Waals surface area (Å²) in [6.07, 6.45) is 1.79. The van der Waals surface area contributed by atoms with Crippen LogP contribution in [0.1, 0.15) is 35.2 Å². The zero-order valence-electron chi connectivity index (χ0n) is 15.6. The van der Waals surface area contributed by atoms with E-state index in [0.29, 0.717) is 31.6 Å². The SMILES string of the molecule is Cc1c(C(=O)C2=C(Cl)CCCC2=O)ccc(S(C)(=O)=O)c1OCC1OCCO1. The van der Waals surface area contributed by atoms with E-state index in [9.17, 15) is 18.0 Å². The number of sulfone groups is 1. The van der Waals surface area contributed by atoms with Crippen LogP contribution in [0.25, 0.3) is 0 Å². The smallest absolute Gasteiger partial charge is 0.198 e. The minimum Gasteiger partial charge on any atom is -0.487 e. The number of allylic oxidation sites excluding steroid dienone is 2. The molecular weight excluding hydrogens is 408 g/mol. The number of Topliss-reactive ketones (excluding diaryl/α,β-unsaturated/α-hetero) is 2. The van der Waals surface area contributed by atoms with Gasteiger partial charge in [0, 0.05) is 28.8 Å². The van der Waals surface area contributed by atoms with Crippen molar-refractivity contribution < 1.29 is 32.2 Å². The lowest BCUT2D eigenvalue weighted by Crippen LogP contribution is -2.21. The summed E-state index contributed by atoms with van der Waals surface area (Å²) in [5, 5.41) is 0.239. The Morgan fingerprint density at radius 2 is 1.93 bits per heavy atom. The van der Waals surface area contributed by atoms with Gasteiger partial charge in [-0.25, -0.2) is 8.42 Å². The molecule has 0 bridgehead atoms. The highest BCUT2D eigenvalue weighted by Gasteiger charge is 2.30. The van der Waals surface area contributed by atoms with Crippen molar-refractivity contribution in [1.82, 2.24) is 0 Å². The van der Waals surface area contributed by atoms with Crippen molar-refractivity contribution in [3.63, 3.8) is 0 Å². The van der Waals surface area contributed by atoms with E-state index >= 15 is 0 Å². The minimum absolute atomic E-state index is 0.0244. The molecule has 0 spiro atoms. The van der Waals surface area contributed by atoms with Crippen LogP contribution in [0.15, 0.2) is 27.6 Å². The third kappa shape index (κ3) is 4.30. The number of halogens is 1. The summed E-state index contributed by atoms with van der Waals surface area (Å²) in [6.45, 7) is 2.41. The van der Waals surface area contributed by atoms with Crippen molar-refractivity contribution in [3.05, 3.63) is 33.9 Å². The van der Waals surface area contributed by atoms with Crippen molar-refractivity contribution in [3.8, 4) is 5.75 Å². The molecule has 0 saturated carbocycles. The van der Waals surface area contributed by atoms with Gasteiger partial charge in [0.25, 0.3) is 0 Å². The van der Waals surface area contributed by atoms with Gasteiger partial charge in [-0.05, 0) is 31.9 Å². The van der Waals surface area contributed by atoms with E-state index in [4.69, 9.17) is 25.8 Å². The van der Waals surface area contributed by atoms with Crippen LogP contribution in [0, 0.1) is 6.92 Å². The number of rotatable bonds is 6. The Kier molecular flexibility index (Phi) is 6.24. The van der Waals surface area contributed by atoms with E-state index in [1.165, 1.54) is 12.1 Å². The molecule has 1 saturated heterocycles. The first-order valence-corrected chi connectivity index (χ1v) is 11.1. The quantitative estimate of drug-likeness (QED) is 0.507. The van der Waals surface area contributed by atoms with Crippen molar-refractivity contribution in [2.24, 2.45) is 0 Å². The largest absolute Gasteiger partial charge is 0.487 e. The van der Waals surface area contributed by atoms with E-state index in [2.05, 4.69) is 0 Å². The molecule has 1 aromatic rings. The first-order valence-electron chi connectivity index (χ1n) is 8.86. The topological polar surface area (TPSA) is 96.0 Å². The lowest BCUT2D eigenvalue weighted by Gasteiger charge is -2.19. The molecule has 28 heavy (non-hydrogen) atoms. The molecule has 152 valence electrons. The van der Waals surface area contributed by atoms with Crippen LogP contribution in [-0.4, -0.2) is 52.4 Å². The summed E-state index contributed by atoms with van der Waals surface area (Å²) in [4.78, 5) is 25.2. The highest BCUT2D eigenvalue weighted by molar-refractivity contribution is 7.90. The minimum atomic E-state index is -3.61. The molecule has 0 aromatic heterocycles. The third-order valence-electron chi connectivity index (χ3n) is 4.65. The maximum absolute atomic E-state index is 13.0. The van der Waals surface area contributed by atoms with E-state index in [0.717, 1.165) is 6.26 Å². The molecule has 2 aliphatic rings. The van der Waals surface area contributed by atoms with Crippen LogP contribution in [0.2, 0.25) is 0 Å². The fraction of sp³-hybridized carbons (Fsp3) is 0.474. The van der Waals surface area contributed by atoms with Crippen LogP contribution >= 0.6 is 11.6 Å². The average Bonchev–Trinajstić information content (AvgIpc) is 3.12. The second-order valence-corrected chi connectivity index (χ2v) is 9.15. The van der Waals surface area contributed by atoms with Gasteiger partial charge in [0.05, 0.1) is 18.8 Å². The monoisotopic (exact) mass is 428 g/mol. The van der Waals surface area contributed by atoms with Gasteiger partial charge in [0.2, 0.25) is 0 Å². The molecule has 3 rings (SSSR count). The van der Waals surface area contributed by atoms with Gasteiger partial charge in [0.15, 0.2) is 27.7 Å². The van der Waals surface area contributed by atoms with Crippen molar-refractivity contribution >= 4 is 33.0 Å². The third-order valence-corrected chi connectivity index (χ3v) is 6.14. The Balaban J connectivity index is 2.02. The molecule has 1 aromatic carbocycles. The molecule has 1 aliphatic heterocycles. The fourth-order valence-corrected chi connectivity index (χ4v) is 4.42. The second-order valence-electron chi connectivity index (χ2n) is 6.71. The van der Waals surface area contributed by atoms with Crippen LogP contribution < -0.4 is 4.74 Å². The number of carbonyl (C=O) groups excluding carboxylic acids is 2. The maximum atomic E-state index is 13.0. The van der Waals surface area contributed by atoms with Gasteiger partial charge in [-0.15, -0.1) is 0 Å². The van der Waals surface area contributed by atoms with Crippen molar-refractivity contribution in [1.29, 1.82) is 0 Å². The van der Waals surface area contributed by atoms with E-state index in [1.807, 2.05) is 0 Å². The zero-order chi connectivity index (χ0) is 20.5. The van der Waals surface area contributed by atoms with Crippen LogP contribution in [0.3, 0.4) is 0 Å². The van der Waals surface area contributed by atoms with Gasteiger partial charge in [-0.1, -0.05) is 11.6 Å². The first kappa shape index (κ1) is 21.0. The lowest BCUT2D eigenvalue weighted by molar-refractivity contribution is -0.115. The van der Waals surface area contributed by atoms with Crippen LogP contribution in [0.5, 0.6) is 5.75 Å². The molecular formula is C19H21ClO7S. The summed E-state index contributed by atoms with van der Waals surface area (Å²) in [6, 6.07) is 2.70. The predicted molar refractivity (Wildman–Crippen MR) is 102 cm³/mol. The summed E-state index contributed by atoms with van der Waals surface area (Å²) in [5.41, 5.74) is 0.469. The molecule has 9 heteroatoms. The second kappa shape index (κ2) is 8.32. The number of ether oxygens (including phenoxy) is 3. The standard InChI is InChI=1S/C19H21ClO7S/c1-11-12(18(22)17-13(20)4-3-5-14(17)21)6-7-15(28(2,23)24)19(11)27-10-16-25-8-9-26-16/h6-7,16H,3-5,8-10H2,1-2H3. The molecule has 0 unspecified atom stereocenters. The molecule has 1 aliphatic carbocycles. The molecule has 0 N–H and O–H groups in total. The highest BCUT2D eigenvalue weighted by Crippen LogP contribution is 2.34. The Hall–Kier alpha value is -1.74. The number of hydrogen-bond acceptors (Lipinski definition) is 7. The maximum Gasteiger partial charge on any atom is 0.198 e. The molecule has 1 heterocycles. The predicted octanol–water partition coefficient (Wildman–Crippen LogP) is 2.58. The Bertz CT molecular complexity index is 943. The van der Waals surface area contributed by atoms with E-state index < -0.39 is 21.9 Å². The van der Waals surface area contributed by atoms with Crippen LogP contribution in [-0.2, 0) is 24.1 Å². The van der Waals surface area contributed by atoms with Gasteiger partial charge in [0.1, 0.15) is 17.3 Å². The van der Waals surface area contributed by atoms with Gasteiger partial charge in [-0.2, -0.15) is 0 Å². The molecule has 0 atom stereocenters. The van der Waals surface area contributed by atoms with E-state index in [-0.39, 0.29) is 45.6 Å². The lowest BCUT2D eigenvalue weighted by atomic mass is 9.90. The Morgan fingerprint density at radius 1 is 1.25 bits per heavy atom. The van der Waals surface area contributed by atoms with Crippen LogP contribution in [0.4, 0.5) is 0 Å². The number of hydrogen-bond donors (Lipinski definition) is 0. The summed E-state index contributed by atoms with van der Waals surface area (Å²) < 4.78 is 40.7. The van der Waals surface area contributed by atoms with Gasteiger partial charge in [-0.3, -0.25) is 9.59 Å². The first-order chi connectivity index (χ1) is 13.2. The van der Waals surface area contributed by atoms with Gasteiger partial charge < -0.3 is 14.2 Å². The van der Waals surface area contributed by atoms with Crippen molar-refractivity contribution in [2.45, 2.75) is 37.4 Å². The molecule has 0 radical (unpaired) electrons. The molecule has 0 amide bonds. The Labute approximate surface area is 168 Å². The number of ketones is 2. The summed E-state index contributed by atoms with van der Waals surface area (Å²) >= 11 is 6.14. The molecule has 7 nitrogen and oxygen atoms in total. The number of carbonyl (C=O) groups is 2. The van der Waals surface area contributed by atoms with Gasteiger partial charge >= 0.3 is 0 Å². The average molecular weight is 429 g/mol. The fourth-order valence-electron chi connectivity index (χ4n) is 3.23. The Morgan fingerprint density at radius 3 is 2.54 bits per heavy atom.